The molecule has 0 aliphatic carbocycles. The topological polar surface area (TPSA) is 43.7 Å². The van der Waals surface area contributed by atoms with Crippen LogP contribution in [0, 0.1) is 0 Å². The van der Waals surface area contributed by atoms with E-state index in [1.54, 1.807) is 18.2 Å². The third-order valence-corrected chi connectivity index (χ3v) is 1.96. The second kappa shape index (κ2) is 4.98. The molecule has 1 aromatic carbocycles. The molecule has 0 heterocycles. The van der Waals surface area contributed by atoms with E-state index < -0.39 is 0 Å². The predicted octanol–water partition coefficient (Wildman–Crippen LogP) is 0.857. The Kier molecular flexibility index (Phi) is 3.92. The summed E-state index contributed by atoms with van der Waals surface area (Å²) >= 11 is 0. The first-order valence-corrected chi connectivity index (χ1v) is 4.68. The molecule has 0 spiro atoms. The van der Waals surface area contributed by atoms with Gasteiger partial charge in [0.25, 0.3) is 0 Å². The molecule has 0 aliphatic rings. The fourth-order valence-corrected chi connectivity index (χ4v) is 1.44. The average molecular weight is 195 g/mol. The summed E-state index contributed by atoms with van der Waals surface area (Å²) in [5, 5.41) is 18.9. The lowest BCUT2D eigenvalue weighted by molar-refractivity contribution is 0.137. The molecule has 0 saturated heterocycles. The standard InChI is InChI=1S/C11H17NO2/c1-12(2)8-11(14)7-9-4-3-5-10(13)6-9/h3-6,11,13-14H,7-8H2,1-2H3. The highest BCUT2D eigenvalue weighted by Crippen LogP contribution is 2.12. The number of aromatic hydroxyl groups is 1. The van der Waals surface area contributed by atoms with Gasteiger partial charge >= 0.3 is 0 Å². The molecule has 1 unspecified atom stereocenters. The molecular weight excluding hydrogens is 178 g/mol. The molecule has 0 amide bonds. The Labute approximate surface area is 84.6 Å². The molecule has 1 aromatic rings. The van der Waals surface area contributed by atoms with Crippen molar-refractivity contribution in [2.75, 3.05) is 20.6 Å². The van der Waals surface area contributed by atoms with Crippen molar-refractivity contribution in [1.82, 2.24) is 4.90 Å². The normalized spacial score (nSPS) is 13.1. The van der Waals surface area contributed by atoms with Crippen molar-refractivity contribution in [2.24, 2.45) is 0 Å². The van der Waals surface area contributed by atoms with Crippen molar-refractivity contribution in [1.29, 1.82) is 0 Å². The van der Waals surface area contributed by atoms with Crippen LogP contribution in [-0.4, -0.2) is 41.9 Å². The van der Waals surface area contributed by atoms with E-state index in [2.05, 4.69) is 0 Å². The van der Waals surface area contributed by atoms with Gasteiger partial charge in [-0.2, -0.15) is 0 Å². The lowest BCUT2D eigenvalue weighted by atomic mass is 10.1. The lowest BCUT2D eigenvalue weighted by Gasteiger charge is -2.15. The van der Waals surface area contributed by atoms with E-state index in [9.17, 15) is 10.2 Å². The summed E-state index contributed by atoms with van der Waals surface area (Å²) in [6, 6.07) is 6.99. The third-order valence-electron chi connectivity index (χ3n) is 1.96. The first kappa shape index (κ1) is 11.0. The highest BCUT2D eigenvalue weighted by molar-refractivity contribution is 5.27. The van der Waals surface area contributed by atoms with Gasteiger partial charge in [-0.1, -0.05) is 12.1 Å². The van der Waals surface area contributed by atoms with E-state index in [1.165, 1.54) is 0 Å². The van der Waals surface area contributed by atoms with Crippen molar-refractivity contribution in [3.05, 3.63) is 29.8 Å². The van der Waals surface area contributed by atoms with Gasteiger partial charge < -0.3 is 15.1 Å². The molecule has 2 N–H and O–H groups in total. The van der Waals surface area contributed by atoms with E-state index in [0.29, 0.717) is 13.0 Å². The number of hydrogen-bond acceptors (Lipinski definition) is 3. The quantitative estimate of drug-likeness (QED) is 0.749. The number of rotatable bonds is 4. The van der Waals surface area contributed by atoms with Crippen LogP contribution in [0.25, 0.3) is 0 Å². The van der Waals surface area contributed by atoms with Gasteiger partial charge in [-0.25, -0.2) is 0 Å². The Morgan fingerprint density at radius 1 is 1.36 bits per heavy atom. The van der Waals surface area contributed by atoms with Crippen LogP contribution in [0.15, 0.2) is 24.3 Å². The molecule has 3 heteroatoms. The minimum atomic E-state index is -0.383. The summed E-state index contributed by atoms with van der Waals surface area (Å²) in [6.45, 7) is 0.635. The van der Waals surface area contributed by atoms with Crippen LogP contribution in [0.5, 0.6) is 5.75 Å². The Morgan fingerprint density at radius 3 is 2.64 bits per heavy atom. The van der Waals surface area contributed by atoms with Crippen LogP contribution < -0.4 is 0 Å². The minimum absolute atomic E-state index is 0.250. The zero-order valence-electron chi connectivity index (χ0n) is 8.64. The van der Waals surface area contributed by atoms with E-state index in [1.807, 2.05) is 25.1 Å². The van der Waals surface area contributed by atoms with Gasteiger partial charge in [0.2, 0.25) is 0 Å². The number of phenols is 1. The van der Waals surface area contributed by atoms with Gasteiger partial charge in [0, 0.05) is 6.54 Å². The molecule has 1 rings (SSSR count). The second-order valence-corrected chi connectivity index (χ2v) is 3.79. The largest absolute Gasteiger partial charge is 0.508 e. The van der Waals surface area contributed by atoms with Crippen LogP contribution in [0.1, 0.15) is 5.56 Å². The zero-order valence-corrected chi connectivity index (χ0v) is 8.64. The van der Waals surface area contributed by atoms with Gasteiger partial charge in [-0.05, 0) is 38.2 Å². The van der Waals surface area contributed by atoms with Gasteiger partial charge in [0.15, 0.2) is 0 Å². The highest BCUT2D eigenvalue weighted by Gasteiger charge is 2.06. The van der Waals surface area contributed by atoms with Gasteiger partial charge in [-0.15, -0.1) is 0 Å². The summed E-state index contributed by atoms with van der Waals surface area (Å²) in [7, 11) is 3.84. The average Bonchev–Trinajstić information content (AvgIpc) is 2.01. The summed E-state index contributed by atoms with van der Waals surface area (Å²) < 4.78 is 0. The maximum atomic E-state index is 9.64. The summed E-state index contributed by atoms with van der Waals surface area (Å²) in [6.07, 6.45) is 0.193. The molecule has 0 aliphatic heterocycles. The predicted molar refractivity (Wildman–Crippen MR) is 56.4 cm³/mol. The number of phenolic OH excluding ortho intramolecular Hbond substituents is 1. The minimum Gasteiger partial charge on any atom is -0.508 e. The molecule has 78 valence electrons. The Balaban J connectivity index is 2.51. The van der Waals surface area contributed by atoms with Crippen LogP contribution in [0.4, 0.5) is 0 Å². The first-order valence-electron chi connectivity index (χ1n) is 4.68. The number of benzene rings is 1. The second-order valence-electron chi connectivity index (χ2n) is 3.79. The summed E-state index contributed by atoms with van der Waals surface area (Å²) in [4.78, 5) is 1.94. The Morgan fingerprint density at radius 2 is 2.07 bits per heavy atom. The van der Waals surface area contributed by atoms with Gasteiger partial charge in [0.1, 0.15) is 5.75 Å². The van der Waals surface area contributed by atoms with Crippen molar-refractivity contribution in [3.63, 3.8) is 0 Å². The molecular formula is C11H17NO2. The van der Waals surface area contributed by atoms with E-state index in [4.69, 9.17) is 0 Å². The van der Waals surface area contributed by atoms with Crippen LogP contribution >= 0.6 is 0 Å². The van der Waals surface area contributed by atoms with E-state index in [-0.39, 0.29) is 11.9 Å². The van der Waals surface area contributed by atoms with Crippen molar-refractivity contribution >= 4 is 0 Å². The molecule has 1 atom stereocenters. The van der Waals surface area contributed by atoms with E-state index in [0.717, 1.165) is 5.56 Å². The van der Waals surface area contributed by atoms with E-state index >= 15 is 0 Å². The fraction of sp³-hybridized carbons (Fsp3) is 0.455. The van der Waals surface area contributed by atoms with Crippen molar-refractivity contribution in [3.8, 4) is 5.75 Å². The molecule has 0 radical (unpaired) electrons. The summed E-state index contributed by atoms with van der Waals surface area (Å²) in [5.74, 6) is 0.250. The number of aliphatic hydroxyl groups excluding tert-OH is 1. The third kappa shape index (κ3) is 3.77. The molecule has 0 bridgehead atoms. The van der Waals surface area contributed by atoms with Crippen LogP contribution in [0.3, 0.4) is 0 Å². The Hall–Kier alpha value is -1.06. The summed E-state index contributed by atoms with van der Waals surface area (Å²) in [5.41, 5.74) is 0.958. The maximum absolute atomic E-state index is 9.64. The first-order chi connectivity index (χ1) is 6.58. The number of aliphatic hydroxyl groups is 1. The zero-order chi connectivity index (χ0) is 10.6. The van der Waals surface area contributed by atoms with Crippen molar-refractivity contribution < 1.29 is 10.2 Å². The number of likely N-dealkylation sites (N-methyl/N-ethyl adjacent to an activating group) is 1. The molecule has 0 fully saturated rings. The molecule has 3 nitrogen and oxygen atoms in total. The highest BCUT2D eigenvalue weighted by atomic mass is 16.3. The number of nitrogens with zero attached hydrogens (tertiary/aromatic N) is 1. The Bertz CT molecular complexity index is 286. The smallest absolute Gasteiger partial charge is 0.115 e. The molecule has 0 aromatic heterocycles. The monoisotopic (exact) mass is 195 g/mol. The van der Waals surface area contributed by atoms with Crippen molar-refractivity contribution in [2.45, 2.75) is 12.5 Å². The molecule has 0 saturated carbocycles. The maximum Gasteiger partial charge on any atom is 0.115 e. The van der Waals surface area contributed by atoms with Gasteiger partial charge in [0.05, 0.1) is 6.10 Å². The lowest BCUT2D eigenvalue weighted by Crippen LogP contribution is -2.27. The van der Waals surface area contributed by atoms with Gasteiger partial charge in [-0.3, -0.25) is 0 Å². The fourth-order valence-electron chi connectivity index (χ4n) is 1.44. The number of hydrogen-bond donors (Lipinski definition) is 2. The van der Waals surface area contributed by atoms with Crippen LogP contribution in [-0.2, 0) is 6.42 Å². The molecule has 14 heavy (non-hydrogen) atoms. The van der Waals surface area contributed by atoms with Crippen LogP contribution in [0.2, 0.25) is 0 Å². The SMILES string of the molecule is CN(C)CC(O)Cc1cccc(O)c1.